The molecule has 132 valence electrons. The molecule has 3 aromatic rings. The highest BCUT2D eigenvalue weighted by atomic mass is 35.5. The topological polar surface area (TPSA) is 66.1 Å². The number of likely N-dealkylation sites (tertiary alicyclic amines) is 1. The van der Waals surface area contributed by atoms with Gasteiger partial charge in [-0.2, -0.15) is 5.10 Å². The second-order valence-electron chi connectivity index (χ2n) is 6.44. The molecule has 0 spiro atoms. The Labute approximate surface area is 153 Å². The molecule has 1 aromatic heterocycles. The number of hydrogen-bond acceptors (Lipinski definition) is 4. The molecule has 2 heterocycles. The molecule has 0 saturated carbocycles. The fourth-order valence-electron chi connectivity index (χ4n) is 3.35. The second kappa shape index (κ2) is 6.78. The molecular formula is C18H20ClN3O2S. The zero-order valence-electron chi connectivity index (χ0n) is 13.8. The molecule has 1 N–H and O–H groups in total. The van der Waals surface area contributed by atoms with E-state index in [9.17, 15) is 8.42 Å². The van der Waals surface area contributed by atoms with Gasteiger partial charge in [-0.05, 0) is 61.8 Å². The Kier molecular flexibility index (Phi) is 4.86. The molecule has 1 saturated heterocycles. The van der Waals surface area contributed by atoms with Crippen molar-refractivity contribution in [3.63, 3.8) is 0 Å². The van der Waals surface area contributed by atoms with E-state index in [4.69, 9.17) is 0 Å². The molecule has 2 aromatic carbocycles. The second-order valence-corrected chi connectivity index (χ2v) is 8.39. The summed E-state index contributed by atoms with van der Waals surface area (Å²) in [6.07, 6.45) is 2.76. The molecule has 1 fully saturated rings. The van der Waals surface area contributed by atoms with Crippen LogP contribution < -0.4 is 0 Å². The third-order valence-corrected chi connectivity index (χ3v) is 6.54. The summed E-state index contributed by atoms with van der Waals surface area (Å²) in [7, 11) is -1.40. The fourth-order valence-corrected chi connectivity index (χ4v) is 4.65. The van der Waals surface area contributed by atoms with E-state index in [1.807, 2.05) is 12.1 Å². The van der Waals surface area contributed by atoms with E-state index in [2.05, 4.69) is 22.1 Å². The molecule has 1 unspecified atom stereocenters. The number of aromatic amines is 1. The van der Waals surface area contributed by atoms with Crippen molar-refractivity contribution in [2.24, 2.45) is 0 Å². The summed E-state index contributed by atoms with van der Waals surface area (Å²) < 4.78 is 25.7. The number of nitrogens with one attached hydrogen (secondary N) is 1. The molecular weight excluding hydrogens is 358 g/mol. The number of nitrogens with zero attached hydrogens (tertiary/aromatic N) is 2. The van der Waals surface area contributed by atoms with Crippen LogP contribution in [0.5, 0.6) is 0 Å². The Balaban J connectivity index is 0.00000182. The summed E-state index contributed by atoms with van der Waals surface area (Å²) in [4.78, 5) is 2.93. The molecule has 1 aliphatic heterocycles. The van der Waals surface area contributed by atoms with Crippen LogP contribution in [0.3, 0.4) is 0 Å². The van der Waals surface area contributed by atoms with Gasteiger partial charge in [-0.3, -0.25) is 5.10 Å². The SMILES string of the molecule is CN1CCC(c2ccc(S(=O)(=O)c3ccc4[nH]ncc4c3)cc2)C1.Cl. The van der Waals surface area contributed by atoms with Crippen LogP contribution in [0.2, 0.25) is 0 Å². The molecule has 0 bridgehead atoms. The van der Waals surface area contributed by atoms with Gasteiger partial charge in [0.15, 0.2) is 0 Å². The summed E-state index contributed by atoms with van der Waals surface area (Å²) in [5.74, 6) is 0.494. The van der Waals surface area contributed by atoms with Crippen LogP contribution in [-0.2, 0) is 9.84 Å². The van der Waals surface area contributed by atoms with Crippen LogP contribution in [0.25, 0.3) is 10.9 Å². The molecule has 4 rings (SSSR count). The van der Waals surface area contributed by atoms with Crippen LogP contribution in [0, 0.1) is 0 Å². The van der Waals surface area contributed by atoms with E-state index < -0.39 is 9.84 Å². The van der Waals surface area contributed by atoms with Gasteiger partial charge in [-0.1, -0.05) is 12.1 Å². The van der Waals surface area contributed by atoms with Crippen molar-refractivity contribution < 1.29 is 8.42 Å². The van der Waals surface area contributed by atoms with Gasteiger partial charge in [0.05, 0.1) is 21.5 Å². The Morgan fingerprint density at radius 1 is 1.12 bits per heavy atom. The van der Waals surface area contributed by atoms with Crippen molar-refractivity contribution in [2.75, 3.05) is 20.1 Å². The predicted octanol–water partition coefficient (Wildman–Crippen LogP) is 3.24. The largest absolute Gasteiger partial charge is 0.306 e. The molecule has 0 aliphatic carbocycles. The monoisotopic (exact) mass is 377 g/mol. The number of benzene rings is 2. The number of aromatic nitrogens is 2. The predicted molar refractivity (Wildman–Crippen MR) is 100 cm³/mol. The summed E-state index contributed by atoms with van der Waals surface area (Å²) in [6.45, 7) is 2.12. The Morgan fingerprint density at radius 2 is 1.84 bits per heavy atom. The zero-order chi connectivity index (χ0) is 16.7. The molecule has 5 nitrogen and oxygen atoms in total. The number of hydrogen-bond donors (Lipinski definition) is 1. The van der Waals surface area contributed by atoms with Gasteiger partial charge in [0, 0.05) is 11.9 Å². The highest BCUT2D eigenvalue weighted by Gasteiger charge is 2.23. The summed E-state index contributed by atoms with van der Waals surface area (Å²) in [5.41, 5.74) is 2.04. The van der Waals surface area contributed by atoms with E-state index in [1.54, 1.807) is 36.5 Å². The third kappa shape index (κ3) is 3.29. The number of halogens is 1. The summed E-state index contributed by atoms with van der Waals surface area (Å²) in [5, 5.41) is 7.56. The van der Waals surface area contributed by atoms with Crippen LogP contribution in [0.4, 0.5) is 0 Å². The van der Waals surface area contributed by atoms with Gasteiger partial charge in [0.25, 0.3) is 0 Å². The lowest BCUT2D eigenvalue weighted by Crippen LogP contribution is -2.13. The number of fused-ring (bicyclic) bond motifs is 1. The molecule has 25 heavy (non-hydrogen) atoms. The van der Waals surface area contributed by atoms with Crippen molar-refractivity contribution in [1.82, 2.24) is 15.1 Å². The zero-order valence-corrected chi connectivity index (χ0v) is 15.5. The first-order chi connectivity index (χ1) is 11.5. The first kappa shape index (κ1) is 17.9. The first-order valence-electron chi connectivity index (χ1n) is 8.01. The lowest BCUT2D eigenvalue weighted by Gasteiger charge is -2.12. The quantitative estimate of drug-likeness (QED) is 0.761. The van der Waals surface area contributed by atoms with Gasteiger partial charge in [-0.15, -0.1) is 12.4 Å². The number of H-pyrrole nitrogens is 1. The molecule has 0 radical (unpaired) electrons. The van der Waals surface area contributed by atoms with Crippen molar-refractivity contribution >= 4 is 33.1 Å². The third-order valence-electron chi connectivity index (χ3n) is 4.78. The highest BCUT2D eigenvalue weighted by Crippen LogP contribution is 2.29. The minimum Gasteiger partial charge on any atom is -0.306 e. The fraction of sp³-hybridized carbons (Fsp3) is 0.278. The van der Waals surface area contributed by atoms with Gasteiger partial charge < -0.3 is 4.90 Å². The number of sulfone groups is 1. The minimum absolute atomic E-state index is 0. The average Bonchev–Trinajstić information content (AvgIpc) is 3.23. The van der Waals surface area contributed by atoms with Crippen molar-refractivity contribution in [1.29, 1.82) is 0 Å². The van der Waals surface area contributed by atoms with Crippen molar-refractivity contribution in [3.8, 4) is 0 Å². The maximum Gasteiger partial charge on any atom is 0.206 e. The van der Waals surface area contributed by atoms with E-state index in [1.165, 1.54) is 5.56 Å². The van der Waals surface area contributed by atoms with Crippen LogP contribution in [-0.4, -0.2) is 43.7 Å². The Morgan fingerprint density at radius 3 is 2.52 bits per heavy atom. The Hall–Kier alpha value is -1.89. The van der Waals surface area contributed by atoms with E-state index in [0.717, 1.165) is 30.4 Å². The average molecular weight is 378 g/mol. The van der Waals surface area contributed by atoms with Crippen LogP contribution >= 0.6 is 12.4 Å². The minimum atomic E-state index is -3.51. The van der Waals surface area contributed by atoms with Gasteiger partial charge in [0.2, 0.25) is 9.84 Å². The maximum absolute atomic E-state index is 12.8. The molecule has 1 aliphatic rings. The van der Waals surface area contributed by atoms with Crippen LogP contribution in [0.1, 0.15) is 17.9 Å². The molecule has 7 heteroatoms. The van der Waals surface area contributed by atoms with E-state index >= 15 is 0 Å². The van der Waals surface area contributed by atoms with Gasteiger partial charge in [0.1, 0.15) is 0 Å². The van der Waals surface area contributed by atoms with Gasteiger partial charge >= 0.3 is 0 Å². The summed E-state index contributed by atoms with van der Waals surface area (Å²) in [6, 6.07) is 12.4. The molecule has 1 atom stereocenters. The van der Waals surface area contributed by atoms with E-state index in [0.29, 0.717) is 15.7 Å². The molecule has 0 amide bonds. The smallest absolute Gasteiger partial charge is 0.206 e. The summed E-state index contributed by atoms with van der Waals surface area (Å²) >= 11 is 0. The van der Waals surface area contributed by atoms with Crippen LogP contribution in [0.15, 0.2) is 58.5 Å². The highest BCUT2D eigenvalue weighted by molar-refractivity contribution is 7.91. The van der Waals surface area contributed by atoms with Crippen molar-refractivity contribution in [2.45, 2.75) is 22.1 Å². The standard InChI is InChI=1S/C18H19N3O2S.ClH/c1-21-9-8-14(12-21)13-2-4-16(5-3-13)24(22,23)17-6-7-18-15(10-17)11-19-20-18;/h2-7,10-11,14H,8-9,12H2,1H3,(H,19,20);1H. The normalized spacial score (nSPS) is 18.4. The first-order valence-corrected chi connectivity index (χ1v) is 9.49. The maximum atomic E-state index is 12.8. The van der Waals surface area contributed by atoms with Gasteiger partial charge in [-0.25, -0.2) is 8.42 Å². The van der Waals surface area contributed by atoms with E-state index in [-0.39, 0.29) is 12.4 Å². The van der Waals surface area contributed by atoms with Crippen molar-refractivity contribution in [3.05, 3.63) is 54.2 Å². The lowest BCUT2D eigenvalue weighted by atomic mass is 9.99. The Bertz CT molecular complexity index is 983. The number of likely N-dealkylation sites (N-methyl/N-ethyl adjacent to an activating group) is 1. The number of rotatable bonds is 3. The lowest BCUT2D eigenvalue weighted by molar-refractivity contribution is 0.411.